The Morgan fingerprint density at radius 2 is 2.00 bits per heavy atom. The summed E-state index contributed by atoms with van der Waals surface area (Å²) in [5.41, 5.74) is 3.05. The fourth-order valence-electron chi connectivity index (χ4n) is 2.16. The van der Waals surface area contributed by atoms with Crippen molar-refractivity contribution in [2.24, 2.45) is 5.10 Å². The fraction of sp³-hybridized carbons (Fsp3) is 0.176. The molecule has 0 atom stereocenters. The number of benzene rings is 2. The van der Waals surface area contributed by atoms with E-state index in [0.717, 1.165) is 8.95 Å². The van der Waals surface area contributed by atoms with Crippen molar-refractivity contribution in [3.63, 3.8) is 0 Å². The van der Waals surface area contributed by atoms with Crippen molar-refractivity contribution in [1.29, 1.82) is 0 Å². The molecular formula is C17H14Br2N2O5. The second-order valence-electron chi connectivity index (χ2n) is 5.10. The van der Waals surface area contributed by atoms with E-state index < -0.39 is 5.91 Å². The largest absolute Gasteiger partial charge is 0.496 e. The zero-order chi connectivity index (χ0) is 18.5. The maximum Gasteiger partial charge on any atom is 0.277 e. The molecule has 0 fully saturated rings. The molecule has 0 bridgehead atoms. The van der Waals surface area contributed by atoms with Crippen molar-refractivity contribution >= 4 is 44.0 Å². The van der Waals surface area contributed by atoms with Crippen molar-refractivity contribution in [2.45, 2.75) is 0 Å². The second-order valence-corrected chi connectivity index (χ2v) is 6.87. The van der Waals surface area contributed by atoms with Crippen LogP contribution in [0.3, 0.4) is 0 Å². The van der Waals surface area contributed by atoms with Gasteiger partial charge in [0.05, 0.1) is 17.8 Å². The van der Waals surface area contributed by atoms with Crippen LogP contribution in [0.25, 0.3) is 0 Å². The summed E-state index contributed by atoms with van der Waals surface area (Å²) in [5.74, 6) is 1.93. The smallest absolute Gasteiger partial charge is 0.277 e. The number of ether oxygens (including phenoxy) is 4. The van der Waals surface area contributed by atoms with Crippen LogP contribution in [-0.2, 0) is 4.79 Å². The van der Waals surface area contributed by atoms with Crippen LogP contribution >= 0.6 is 31.9 Å². The Kier molecular flexibility index (Phi) is 6.00. The molecule has 136 valence electrons. The number of fused-ring (bicyclic) bond motifs is 1. The molecule has 2 aromatic carbocycles. The summed E-state index contributed by atoms with van der Waals surface area (Å²) < 4.78 is 23.0. The number of nitrogens with zero attached hydrogens (tertiary/aromatic N) is 1. The van der Waals surface area contributed by atoms with Gasteiger partial charge in [-0.15, -0.1) is 0 Å². The maximum absolute atomic E-state index is 11.9. The molecule has 9 heteroatoms. The summed E-state index contributed by atoms with van der Waals surface area (Å²) in [4.78, 5) is 11.9. The van der Waals surface area contributed by atoms with Crippen LogP contribution in [0.2, 0.25) is 0 Å². The van der Waals surface area contributed by atoms with Gasteiger partial charge in [-0.25, -0.2) is 5.43 Å². The minimum absolute atomic E-state index is 0.165. The molecule has 7 nitrogen and oxygen atoms in total. The third-order valence-electron chi connectivity index (χ3n) is 3.37. The molecule has 2 aromatic rings. The average molecular weight is 486 g/mol. The van der Waals surface area contributed by atoms with Crippen LogP contribution in [0.4, 0.5) is 0 Å². The summed E-state index contributed by atoms with van der Waals surface area (Å²) in [6, 6.07) is 8.84. The van der Waals surface area contributed by atoms with E-state index in [-0.39, 0.29) is 13.4 Å². The first-order valence-electron chi connectivity index (χ1n) is 7.44. The number of hydrogen-bond donors (Lipinski definition) is 1. The van der Waals surface area contributed by atoms with Crippen molar-refractivity contribution in [2.75, 3.05) is 20.5 Å². The SMILES string of the molecule is COc1cc2c(cc1/C=N\NC(=O)COc1ccc(Br)cc1Br)OCO2. The van der Waals surface area contributed by atoms with E-state index in [4.69, 9.17) is 18.9 Å². The Morgan fingerprint density at radius 1 is 1.23 bits per heavy atom. The van der Waals surface area contributed by atoms with Gasteiger partial charge in [0.25, 0.3) is 5.91 Å². The zero-order valence-corrected chi connectivity index (χ0v) is 16.8. The van der Waals surface area contributed by atoms with Crippen LogP contribution in [0.1, 0.15) is 5.56 Å². The molecule has 3 rings (SSSR count). The highest BCUT2D eigenvalue weighted by Crippen LogP contribution is 2.37. The number of amides is 1. The van der Waals surface area contributed by atoms with Gasteiger partial charge < -0.3 is 18.9 Å². The zero-order valence-electron chi connectivity index (χ0n) is 13.6. The minimum Gasteiger partial charge on any atom is -0.496 e. The number of nitrogens with one attached hydrogen (secondary N) is 1. The number of carbonyl (C=O) groups is 1. The maximum atomic E-state index is 11.9. The highest BCUT2D eigenvalue weighted by Gasteiger charge is 2.17. The Labute approximate surface area is 166 Å². The van der Waals surface area contributed by atoms with Gasteiger partial charge in [0.1, 0.15) is 11.5 Å². The molecular weight excluding hydrogens is 472 g/mol. The van der Waals surface area contributed by atoms with Gasteiger partial charge >= 0.3 is 0 Å². The molecule has 1 N–H and O–H groups in total. The molecule has 26 heavy (non-hydrogen) atoms. The Morgan fingerprint density at radius 3 is 2.73 bits per heavy atom. The molecule has 1 amide bonds. The van der Waals surface area contributed by atoms with E-state index in [9.17, 15) is 4.79 Å². The van der Waals surface area contributed by atoms with Gasteiger partial charge in [0.15, 0.2) is 18.1 Å². The summed E-state index contributed by atoms with van der Waals surface area (Å²) in [7, 11) is 1.54. The topological polar surface area (TPSA) is 78.4 Å². The van der Waals surface area contributed by atoms with Gasteiger partial charge in [-0.2, -0.15) is 5.10 Å². The van der Waals surface area contributed by atoms with Crippen LogP contribution in [0.5, 0.6) is 23.0 Å². The lowest BCUT2D eigenvalue weighted by molar-refractivity contribution is -0.123. The van der Waals surface area contributed by atoms with Crippen LogP contribution < -0.4 is 24.4 Å². The summed E-state index contributed by atoms with van der Waals surface area (Å²) >= 11 is 6.72. The molecule has 1 heterocycles. The van der Waals surface area contributed by atoms with Crippen LogP contribution in [-0.4, -0.2) is 32.6 Å². The molecule has 0 aliphatic carbocycles. The van der Waals surface area contributed by atoms with Gasteiger partial charge in [0.2, 0.25) is 6.79 Å². The highest BCUT2D eigenvalue weighted by atomic mass is 79.9. The van der Waals surface area contributed by atoms with Gasteiger partial charge in [-0.1, -0.05) is 15.9 Å². The van der Waals surface area contributed by atoms with Gasteiger partial charge in [-0.3, -0.25) is 4.79 Å². The van der Waals surface area contributed by atoms with Crippen LogP contribution in [0, 0.1) is 0 Å². The quantitative estimate of drug-likeness (QED) is 0.500. The van der Waals surface area contributed by atoms with Crippen molar-refractivity contribution in [1.82, 2.24) is 5.43 Å². The Balaban J connectivity index is 1.57. The average Bonchev–Trinajstić information content (AvgIpc) is 3.07. The molecule has 0 spiro atoms. The fourth-order valence-corrected chi connectivity index (χ4v) is 3.32. The molecule has 1 aliphatic heterocycles. The number of carbonyl (C=O) groups excluding carboxylic acids is 1. The number of rotatable bonds is 6. The predicted molar refractivity (Wildman–Crippen MR) is 102 cm³/mol. The number of hydrazone groups is 1. The molecule has 0 unspecified atom stereocenters. The molecule has 0 saturated carbocycles. The molecule has 0 aromatic heterocycles. The van der Waals surface area contributed by atoms with E-state index in [1.807, 2.05) is 12.1 Å². The highest BCUT2D eigenvalue weighted by molar-refractivity contribution is 9.11. The first-order valence-corrected chi connectivity index (χ1v) is 9.03. The first-order chi connectivity index (χ1) is 12.6. The monoisotopic (exact) mass is 484 g/mol. The van der Waals surface area contributed by atoms with Crippen molar-refractivity contribution in [3.8, 4) is 23.0 Å². The Bertz CT molecular complexity index is 857. The first kappa shape index (κ1) is 18.5. The third kappa shape index (κ3) is 4.47. The third-order valence-corrected chi connectivity index (χ3v) is 4.48. The van der Waals surface area contributed by atoms with Crippen LogP contribution in [0.15, 0.2) is 44.4 Å². The van der Waals surface area contributed by atoms with E-state index in [0.29, 0.717) is 28.6 Å². The van der Waals surface area contributed by atoms with Gasteiger partial charge in [-0.05, 0) is 40.2 Å². The van der Waals surface area contributed by atoms with E-state index in [1.54, 1.807) is 18.2 Å². The predicted octanol–water partition coefficient (Wildman–Crippen LogP) is 3.48. The lowest BCUT2D eigenvalue weighted by Crippen LogP contribution is -2.24. The Hall–Kier alpha value is -2.26. The summed E-state index contributed by atoms with van der Waals surface area (Å²) in [6.45, 7) is -0.00534. The second kappa shape index (κ2) is 8.41. The summed E-state index contributed by atoms with van der Waals surface area (Å²) in [5, 5.41) is 3.92. The molecule has 0 saturated heterocycles. The van der Waals surface area contributed by atoms with E-state index in [1.165, 1.54) is 13.3 Å². The number of methoxy groups -OCH3 is 1. The summed E-state index contributed by atoms with van der Waals surface area (Å²) in [6.07, 6.45) is 1.47. The molecule has 0 radical (unpaired) electrons. The van der Waals surface area contributed by atoms with E-state index in [2.05, 4.69) is 42.4 Å². The van der Waals surface area contributed by atoms with E-state index >= 15 is 0 Å². The number of hydrogen-bond acceptors (Lipinski definition) is 6. The van der Waals surface area contributed by atoms with Gasteiger partial charge in [0, 0.05) is 16.1 Å². The molecule has 1 aliphatic rings. The van der Waals surface area contributed by atoms with Crippen molar-refractivity contribution < 1.29 is 23.7 Å². The minimum atomic E-state index is -0.393. The standard InChI is InChI=1S/C17H14Br2N2O5/c1-23-14-6-16-15(25-9-26-16)4-10(14)7-20-21-17(22)8-24-13-3-2-11(18)5-12(13)19/h2-7H,8-9H2,1H3,(H,21,22)/b20-7-. The lowest BCUT2D eigenvalue weighted by atomic mass is 10.2. The lowest BCUT2D eigenvalue weighted by Gasteiger charge is -2.08. The number of halogens is 2. The van der Waals surface area contributed by atoms with Crippen molar-refractivity contribution in [3.05, 3.63) is 44.8 Å². The normalized spacial score (nSPS) is 12.3.